The van der Waals surface area contributed by atoms with E-state index >= 15 is 0 Å². The van der Waals surface area contributed by atoms with Gasteiger partial charge >= 0.3 is 11.9 Å². The average Bonchev–Trinajstić information content (AvgIpc) is 2.86. The third-order valence-electron chi connectivity index (χ3n) is 4.05. The number of nitrogens with one attached hydrogen (secondary N) is 1. The van der Waals surface area contributed by atoms with E-state index in [2.05, 4.69) is 5.32 Å². The minimum atomic E-state index is -4.58. The number of carbonyl (C=O) groups is 1. The minimum absolute atomic E-state index is 0.336. The van der Waals surface area contributed by atoms with Crippen LogP contribution in [0.2, 0.25) is 0 Å². The molecule has 1 aromatic heterocycles. The van der Waals surface area contributed by atoms with Gasteiger partial charge in [0, 0.05) is 6.54 Å². The third-order valence-corrected chi connectivity index (χ3v) is 4.05. The zero-order valence-electron chi connectivity index (χ0n) is 13.9. The summed E-state index contributed by atoms with van der Waals surface area (Å²) in [5.41, 5.74) is -0.427. The van der Waals surface area contributed by atoms with Crippen molar-refractivity contribution in [2.45, 2.75) is 26.2 Å². The lowest BCUT2D eigenvalue weighted by molar-refractivity contribution is -0.137. The van der Waals surface area contributed by atoms with Gasteiger partial charge < -0.3 is 5.32 Å². The Kier molecular flexibility index (Phi) is 4.58. The molecule has 3 rings (SSSR count). The number of carbonyl (C=O) groups excluding carboxylic acids is 1. The highest BCUT2D eigenvalue weighted by Crippen LogP contribution is 2.34. The molecule has 0 saturated heterocycles. The zero-order chi connectivity index (χ0) is 18.9. The number of benzene rings is 2. The van der Waals surface area contributed by atoms with E-state index in [-0.39, 0.29) is 17.9 Å². The highest BCUT2D eigenvalue weighted by Gasteiger charge is 2.33. The molecule has 3 aromatic rings. The average molecular weight is 363 g/mol. The van der Waals surface area contributed by atoms with Crippen molar-refractivity contribution in [2.24, 2.45) is 0 Å². The molecule has 0 atom stereocenters. The topological polar surface area (TPSA) is 56.0 Å². The van der Waals surface area contributed by atoms with Crippen LogP contribution in [0.25, 0.3) is 11.0 Å². The van der Waals surface area contributed by atoms with Crippen molar-refractivity contribution >= 4 is 22.6 Å². The van der Waals surface area contributed by atoms with Crippen LogP contribution in [-0.4, -0.2) is 15.0 Å². The number of hydrogen-bond donors (Lipinski definition) is 1. The molecule has 0 radical (unpaired) electrons. The number of imidazole rings is 1. The fraction of sp³-hybridized carbons (Fsp3) is 0.222. The summed E-state index contributed by atoms with van der Waals surface area (Å²) in [7, 11) is 0. The second kappa shape index (κ2) is 6.70. The third kappa shape index (κ3) is 3.22. The lowest BCUT2D eigenvalue weighted by atomic mass is 10.1. The van der Waals surface area contributed by atoms with Crippen LogP contribution in [0.15, 0.2) is 53.3 Å². The molecule has 0 unspecified atom stereocenters. The molecule has 5 nitrogen and oxygen atoms in total. The summed E-state index contributed by atoms with van der Waals surface area (Å²) in [4.78, 5) is 24.8. The molecule has 1 amide bonds. The number of rotatable bonds is 4. The van der Waals surface area contributed by atoms with Gasteiger partial charge in [-0.25, -0.2) is 4.79 Å². The number of nitrogens with zero attached hydrogens (tertiary/aromatic N) is 2. The first kappa shape index (κ1) is 17.8. The zero-order valence-corrected chi connectivity index (χ0v) is 13.9. The number of anilines is 1. The van der Waals surface area contributed by atoms with Crippen LogP contribution in [0.3, 0.4) is 0 Å². The molecule has 0 saturated carbocycles. The Morgan fingerprint density at radius 1 is 1.00 bits per heavy atom. The summed E-state index contributed by atoms with van der Waals surface area (Å²) in [5, 5.41) is 2.26. The second-order valence-corrected chi connectivity index (χ2v) is 5.69. The number of fused-ring (bicyclic) bond motifs is 1. The van der Waals surface area contributed by atoms with Gasteiger partial charge in [0.2, 0.25) is 5.91 Å². The molecule has 136 valence electrons. The van der Waals surface area contributed by atoms with Crippen molar-refractivity contribution in [2.75, 3.05) is 5.32 Å². The normalized spacial score (nSPS) is 11.7. The molecule has 1 heterocycles. The van der Waals surface area contributed by atoms with Gasteiger partial charge in [0.25, 0.3) is 0 Å². The number of aryl methyl sites for hydroxylation is 1. The monoisotopic (exact) mass is 363 g/mol. The largest absolute Gasteiger partial charge is 0.418 e. The molecule has 8 heteroatoms. The van der Waals surface area contributed by atoms with E-state index in [1.54, 1.807) is 31.2 Å². The molecule has 0 fully saturated rings. The van der Waals surface area contributed by atoms with Gasteiger partial charge in [-0.1, -0.05) is 24.3 Å². The molecule has 0 spiro atoms. The van der Waals surface area contributed by atoms with E-state index in [1.807, 2.05) is 0 Å². The van der Waals surface area contributed by atoms with Crippen LogP contribution in [-0.2, 0) is 24.1 Å². The molecule has 0 aliphatic heterocycles. The van der Waals surface area contributed by atoms with Crippen LogP contribution in [0.1, 0.15) is 12.5 Å². The van der Waals surface area contributed by atoms with Gasteiger partial charge in [-0.3, -0.25) is 13.9 Å². The van der Waals surface area contributed by atoms with E-state index in [0.717, 1.165) is 6.07 Å². The smallest absolute Gasteiger partial charge is 0.324 e. The summed E-state index contributed by atoms with van der Waals surface area (Å²) in [5.74, 6) is -0.706. The van der Waals surface area contributed by atoms with E-state index in [0.29, 0.717) is 17.6 Å². The van der Waals surface area contributed by atoms with Gasteiger partial charge in [-0.15, -0.1) is 0 Å². The summed E-state index contributed by atoms with van der Waals surface area (Å²) >= 11 is 0. The predicted molar refractivity (Wildman–Crippen MR) is 91.9 cm³/mol. The SMILES string of the molecule is CCn1c(=O)n(CC(=O)Nc2ccccc2C(F)(F)F)c2ccccc21. The Morgan fingerprint density at radius 2 is 1.58 bits per heavy atom. The second-order valence-electron chi connectivity index (χ2n) is 5.69. The lowest BCUT2D eigenvalue weighted by Crippen LogP contribution is -2.29. The molecule has 26 heavy (non-hydrogen) atoms. The first-order valence-electron chi connectivity index (χ1n) is 7.97. The molecule has 0 aliphatic carbocycles. The number of amides is 1. The van der Waals surface area contributed by atoms with Crippen molar-refractivity contribution in [3.05, 3.63) is 64.6 Å². The molecule has 0 aliphatic rings. The Hall–Kier alpha value is -3.03. The summed E-state index contributed by atoms with van der Waals surface area (Å²) < 4.78 is 41.9. The molecule has 1 N–H and O–H groups in total. The maximum absolute atomic E-state index is 13.0. The number of halogens is 3. The van der Waals surface area contributed by atoms with Gasteiger partial charge in [0.15, 0.2) is 0 Å². The summed E-state index contributed by atoms with van der Waals surface area (Å²) in [6, 6.07) is 11.7. The van der Waals surface area contributed by atoms with Crippen molar-refractivity contribution in [1.29, 1.82) is 0 Å². The van der Waals surface area contributed by atoms with E-state index < -0.39 is 17.6 Å². The van der Waals surface area contributed by atoms with Gasteiger partial charge in [-0.2, -0.15) is 13.2 Å². The van der Waals surface area contributed by atoms with Crippen molar-refractivity contribution in [3.63, 3.8) is 0 Å². The Labute approximate surface area is 146 Å². The Balaban J connectivity index is 1.92. The first-order valence-corrected chi connectivity index (χ1v) is 7.97. The maximum Gasteiger partial charge on any atom is 0.418 e. The Bertz CT molecular complexity index is 1020. The fourth-order valence-electron chi connectivity index (χ4n) is 2.90. The Morgan fingerprint density at radius 3 is 2.19 bits per heavy atom. The van der Waals surface area contributed by atoms with E-state index in [9.17, 15) is 22.8 Å². The summed E-state index contributed by atoms with van der Waals surface area (Å²) in [6.45, 7) is 1.85. The highest BCUT2D eigenvalue weighted by atomic mass is 19.4. The van der Waals surface area contributed by atoms with Gasteiger partial charge in [-0.05, 0) is 31.2 Å². The number of alkyl halides is 3. The van der Waals surface area contributed by atoms with Crippen molar-refractivity contribution in [3.8, 4) is 0 Å². The number of hydrogen-bond acceptors (Lipinski definition) is 2. The highest BCUT2D eigenvalue weighted by molar-refractivity contribution is 5.92. The fourth-order valence-corrected chi connectivity index (χ4v) is 2.90. The number of aromatic nitrogens is 2. The maximum atomic E-state index is 13.0. The van der Waals surface area contributed by atoms with E-state index in [1.165, 1.54) is 27.3 Å². The van der Waals surface area contributed by atoms with Gasteiger partial charge in [0.05, 0.1) is 22.3 Å². The quantitative estimate of drug-likeness (QED) is 0.772. The lowest BCUT2D eigenvalue weighted by Gasteiger charge is -2.13. The van der Waals surface area contributed by atoms with Crippen LogP contribution < -0.4 is 11.0 Å². The summed E-state index contributed by atoms with van der Waals surface area (Å²) in [6.07, 6.45) is -4.58. The van der Waals surface area contributed by atoms with Crippen LogP contribution in [0.4, 0.5) is 18.9 Å². The van der Waals surface area contributed by atoms with Crippen LogP contribution in [0.5, 0.6) is 0 Å². The number of para-hydroxylation sites is 3. The van der Waals surface area contributed by atoms with E-state index in [4.69, 9.17) is 0 Å². The molecular formula is C18H16F3N3O2. The molecule has 2 aromatic carbocycles. The first-order chi connectivity index (χ1) is 12.3. The molecular weight excluding hydrogens is 347 g/mol. The van der Waals surface area contributed by atoms with Gasteiger partial charge in [0.1, 0.15) is 6.54 Å². The standard InChI is InChI=1S/C18H16F3N3O2/c1-2-23-14-9-5-6-10-15(14)24(17(23)26)11-16(25)22-13-8-4-3-7-12(13)18(19,20)21/h3-10H,2,11H2,1H3,(H,22,25). The predicted octanol–water partition coefficient (Wildman–Crippen LogP) is 3.48. The van der Waals surface area contributed by atoms with Crippen LogP contribution >= 0.6 is 0 Å². The van der Waals surface area contributed by atoms with Crippen molar-refractivity contribution < 1.29 is 18.0 Å². The van der Waals surface area contributed by atoms with Crippen LogP contribution in [0, 0.1) is 0 Å². The molecule has 0 bridgehead atoms. The van der Waals surface area contributed by atoms with Crippen molar-refractivity contribution in [1.82, 2.24) is 9.13 Å². The minimum Gasteiger partial charge on any atom is -0.324 e.